The highest BCUT2D eigenvalue weighted by atomic mass is 16.6. The molecular formula is C10H9NO5. The first-order chi connectivity index (χ1) is 7.51. The van der Waals surface area contributed by atoms with Gasteiger partial charge in [0, 0.05) is 0 Å². The number of hydrogen-bond donors (Lipinski definition) is 0. The van der Waals surface area contributed by atoms with Gasteiger partial charge in [-0.05, 0) is 24.6 Å². The minimum Gasteiger partial charge on any atom is -0.465 e. The van der Waals surface area contributed by atoms with Crippen LogP contribution in [0.2, 0.25) is 0 Å². The molecule has 0 saturated carbocycles. The molecule has 0 heterocycles. The van der Waals surface area contributed by atoms with E-state index in [0.717, 1.165) is 7.11 Å². The molecular weight excluding hydrogens is 214 g/mol. The maximum atomic E-state index is 11.3. The van der Waals surface area contributed by atoms with Crippen LogP contribution in [0.3, 0.4) is 0 Å². The maximum absolute atomic E-state index is 11.3. The Morgan fingerprint density at radius 2 is 2.12 bits per heavy atom. The van der Waals surface area contributed by atoms with Gasteiger partial charge in [0.15, 0.2) is 6.29 Å². The molecule has 0 bridgehead atoms. The lowest BCUT2D eigenvalue weighted by Gasteiger charge is -2.04. The van der Waals surface area contributed by atoms with E-state index in [9.17, 15) is 19.7 Å². The number of aryl methyl sites for hydroxylation is 1. The van der Waals surface area contributed by atoms with Gasteiger partial charge in [0.25, 0.3) is 5.69 Å². The second kappa shape index (κ2) is 4.52. The van der Waals surface area contributed by atoms with Gasteiger partial charge in [-0.25, -0.2) is 4.79 Å². The first kappa shape index (κ1) is 11.8. The smallest absolute Gasteiger partial charge is 0.344 e. The standard InChI is InChI=1S/C10H9NO5/c1-6-3-7(5-12)9(11(14)15)8(4-6)10(13)16-2/h3-5H,1-2H3. The van der Waals surface area contributed by atoms with Crippen molar-refractivity contribution < 1.29 is 19.2 Å². The number of ether oxygens (including phenoxy) is 1. The lowest BCUT2D eigenvalue weighted by molar-refractivity contribution is -0.385. The lowest BCUT2D eigenvalue weighted by Crippen LogP contribution is -2.08. The first-order valence-corrected chi connectivity index (χ1v) is 4.33. The summed E-state index contributed by atoms with van der Waals surface area (Å²) in [5.74, 6) is -0.835. The fourth-order valence-corrected chi connectivity index (χ4v) is 1.37. The van der Waals surface area contributed by atoms with Crippen LogP contribution in [-0.4, -0.2) is 24.3 Å². The van der Waals surface area contributed by atoms with Gasteiger partial charge in [-0.3, -0.25) is 14.9 Å². The molecule has 84 valence electrons. The number of nitro benzene ring substituents is 1. The molecule has 0 fully saturated rings. The van der Waals surface area contributed by atoms with E-state index in [1.165, 1.54) is 12.1 Å². The summed E-state index contributed by atoms with van der Waals surface area (Å²) in [5.41, 5.74) is -0.291. The second-order valence-corrected chi connectivity index (χ2v) is 3.12. The summed E-state index contributed by atoms with van der Waals surface area (Å²) in [6.45, 7) is 1.63. The Morgan fingerprint density at radius 1 is 1.50 bits per heavy atom. The van der Waals surface area contributed by atoms with Crippen LogP contribution in [0, 0.1) is 17.0 Å². The molecule has 1 rings (SSSR count). The minimum absolute atomic E-state index is 0.134. The van der Waals surface area contributed by atoms with E-state index in [0.29, 0.717) is 11.8 Å². The average molecular weight is 223 g/mol. The molecule has 0 amide bonds. The van der Waals surface area contributed by atoms with Crippen molar-refractivity contribution in [3.05, 3.63) is 38.9 Å². The van der Waals surface area contributed by atoms with E-state index in [2.05, 4.69) is 4.74 Å². The number of carbonyl (C=O) groups excluding carboxylic acids is 2. The van der Waals surface area contributed by atoms with Crippen molar-refractivity contribution in [2.75, 3.05) is 7.11 Å². The van der Waals surface area contributed by atoms with E-state index in [1.807, 2.05) is 0 Å². The lowest BCUT2D eigenvalue weighted by atomic mass is 10.0. The van der Waals surface area contributed by atoms with Crippen molar-refractivity contribution in [2.45, 2.75) is 6.92 Å². The topological polar surface area (TPSA) is 86.5 Å². The van der Waals surface area contributed by atoms with Crippen molar-refractivity contribution in [3.8, 4) is 0 Å². The van der Waals surface area contributed by atoms with E-state index < -0.39 is 16.6 Å². The number of benzene rings is 1. The molecule has 1 aromatic carbocycles. The van der Waals surface area contributed by atoms with Crippen molar-refractivity contribution in [1.82, 2.24) is 0 Å². The zero-order valence-electron chi connectivity index (χ0n) is 8.72. The number of rotatable bonds is 3. The highest BCUT2D eigenvalue weighted by Crippen LogP contribution is 2.25. The van der Waals surface area contributed by atoms with Crippen LogP contribution < -0.4 is 0 Å². The maximum Gasteiger partial charge on any atom is 0.344 e. The fourth-order valence-electron chi connectivity index (χ4n) is 1.37. The normalized spacial score (nSPS) is 9.62. The molecule has 0 radical (unpaired) electrons. The van der Waals surface area contributed by atoms with Gasteiger partial charge in [0.1, 0.15) is 5.56 Å². The molecule has 0 aliphatic heterocycles. The molecule has 0 atom stereocenters. The van der Waals surface area contributed by atoms with E-state index in [1.54, 1.807) is 6.92 Å². The molecule has 0 unspecified atom stereocenters. The summed E-state index contributed by atoms with van der Waals surface area (Å²) in [6.07, 6.45) is 0.345. The molecule has 6 nitrogen and oxygen atoms in total. The third-order valence-electron chi connectivity index (χ3n) is 2.00. The molecule has 16 heavy (non-hydrogen) atoms. The summed E-state index contributed by atoms with van der Waals surface area (Å²) in [5, 5.41) is 10.8. The number of methoxy groups -OCH3 is 1. The molecule has 1 aromatic rings. The van der Waals surface area contributed by atoms with Crippen LogP contribution >= 0.6 is 0 Å². The summed E-state index contributed by atoms with van der Waals surface area (Å²) < 4.78 is 4.42. The van der Waals surface area contributed by atoms with Gasteiger partial charge in [-0.1, -0.05) is 0 Å². The molecule has 0 N–H and O–H groups in total. The summed E-state index contributed by atoms with van der Waals surface area (Å²) in [6, 6.07) is 2.66. The largest absolute Gasteiger partial charge is 0.465 e. The predicted molar refractivity (Wildman–Crippen MR) is 54.6 cm³/mol. The van der Waals surface area contributed by atoms with Crippen LogP contribution in [-0.2, 0) is 4.74 Å². The van der Waals surface area contributed by atoms with Crippen LogP contribution in [0.4, 0.5) is 5.69 Å². The number of carbonyl (C=O) groups is 2. The third kappa shape index (κ3) is 2.05. The third-order valence-corrected chi connectivity index (χ3v) is 2.00. The zero-order chi connectivity index (χ0) is 12.3. The molecule has 0 aliphatic rings. The Hall–Kier alpha value is -2.24. The average Bonchev–Trinajstić information content (AvgIpc) is 2.26. The predicted octanol–water partition coefficient (Wildman–Crippen LogP) is 1.50. The van der Waals surface area contributed by atoms with E-state index >= 15 is 0 Å². The van der Waals surface area contributed by atoms with Crippen LogP contribution in [0.1, 0.15) is 26.3 Å². The zero-order valence-corrected chi connectivity index (χ0v) is 8.72. The molecule has 0 spiro atoms. The van der Waals surface area contributed by atoms with Crippen molar-refractivity contribution in [2.24, 2.45) is 0 Å². The van der Waals surface area contributed by atoms with Crippen molar-refractivity contribution >= 4 is 17.9 Å². The van der Waals surface area contributed by atoms with Gasteiger partial charge in [-0.15, -0.1) is 0 Å². The second-order valence-electron chi connectivity index (χ2n) is 3.12. The number of esters is 1. The van der Waals surface area contributed by atoms with Crippen molar-refractivity contribution in [3.63, 3.8) is 0 Å². The van der Waals surface area contributed by atoms with Gasteiger partial charge >= 0.3 is 5.97 Å². The van der Waals surface area contributed by atoms with Gasteiger partial charge in [0.2, 0.25) is 0 Å². The minimum atomic E-state index is -0.835. The van der Waals surface area contributed by atoms with Crippen molar-refractivity contribution in [1.29, 1.82) is 0 Å². The Labute approximate surface area is 91.0 Å². The van der Waals surface area contributed by atoms with Gasteiger partial charge < -0.3 is 4.74 Å². The van der Waals surface area contributed by atoms with E-state index in [-0.39, 0.29) is 11.1 Å². The number of nitrogens with zero attached hydrogens (tertiary/aromatic N) is 1. The Balaban J connectivity index is 3.56. The molecule has 6 heteroatoms. The highest BCUT2D eigenvalue weighted by Gasteiger charge is 2.25. The van der Waals surface area contributed by atoms with Gasteiger partial charge in [-0.2, -0.15) is 0 Å². The number of aldehydes is 1. The van der Waals surface area contributed by atoms with E-state index in [4.69, 9.17) is 0 Å². The summed E-state index contributed by atoms with van der Waals surface area (Å²) >= 11 is 0. The molecule has 0 saturated heterocycles. The number of hydrogen-bond acceptors (Lipinski definition) is 5. The SMILES string of the molecule is COC(=O)c1cc(C)cc(C=O)c1[N+](=O)[O-]. The first-order valence-electron chi connectivity index (χ1n) is 4.33. The highest BCUT2D eigenvalue weighted by molar-refractivity contribution is 5.98. The Kier molecular flexibility index (Phi) is 3.34. The summed E-state index contributed by atoms with van der Waals surface area (Å²) in [7, 11) is 1.12. The van der Waals surface area contributed by atoms with Crippen LogP contribution in [0.15, 0.2) is 12.1 Å². The fraction of sp³-hybridized carbons (Fsp3) is 0.200. The van der Waals surface area contributed by atoms with Crippen LogP contribution in [0.25, 0.3) is 0 Å². The summed E-state index contributed by atoms with van der Waals surface area (Å²) in [4.78, 5) is 32.0. The quantitative estimate of drug-likeness (QED) is 0.335. The van der Waals surface area contributed by atoms with Gasteiger partial charge in [0.05, 0.1) is 17.6 Å². The Bertz CT molecular complexity index is 467. The molecule has 0 aliphatic carbocycles. The molecule has 0 aromatic heterocycles. The number of nitro groups is 1. The van der Waals surface area contributed by atoms with Crippen LogP contribution in [0.5, 0.6) is 0 Å². The Morgan fingerprint density at radius 3 is 2.56 bits per heavy atom. The monoisotopic (exact) mass is 223 g/mol.